The van der Waals surface area contributed by atoms with Crippen LogP contribution in [0.25, 0.3) is 0 Å². The maximum Gasteiger partial charge on any atom is 0.261 e. The molecule has 0 aliphatic rings. The summed E-state index contributed by atoms with van der Waals surface area (Å²) < 4.78 is 27.7. The molecule has 0 saturated heterocycles. The van der Waals surface area contributed by atoms with Gasteiger partial charge < -0.3 is 0 Å². The number of nitrogens with one attached hydrogen (secondary N) is 1. The smallest absolute Gasteiger partial charge is 0.261 e. The number of sulfonamides is 1. The van der Waals surface area contributed by atoms with Crippen molar-refractivity contribution in [2.75, 3.05) is 4.72 Å². The van der Waals surface area contributed by atoms with E-state index in [1.807, 2.05) is 28.7 Å². The Hall–Kier alpha value is -1.30. The zero-order valence-corrected chi connectivity index (χ0v) is 13.7. The molecule has 2 aromatic carbocycles. The highest BCUT2D eigenvalue weighted by Gasteiger charge is 2.16. The molecule has 0 aliphatic heterocycles. The Kier molecular flexibility index (Phi) is 4.52. The van der Waals surface area contributed by atoms with Crippen molar-refractivity contribution in [3.8, 4) is 6.07 Å². The van der Waals surface area contributed by atoms with Gasteiger partial charge in [0.05, 0.1) is 22.2 Å². The highest BCUT2D eigenvalue weighted by Crippen LogP contribution is 2.25. The standard InChI is InChI=1S/C13H8ClIN2O2S/c14-10-4-5-13(12(15)7-10)17-20(18,19)11-3-1-2-9(6-11)8-16/h1-7,17H. The molecule has 0 heterocycles. The molecule has 0 spiro atoms. The Labute approximate surface area is 135 Å². The number of nitrogens with zero attached hydrogens (tertiary/aromatic N) is 1. The minimum atomic E-state index is -3.73. The van der Waals surface area contributed by atoms with Crippen molar-refractivity contribution in [1.82, 2.24) is 0 Å². The van der Waals surface area contributed by atoms with Gasteiger partial charge in [0.1, 0.15) is 0 Å². The molecule has 1 N–H and O–H groups in total. The fraction of sp³-hybridized carbons (Fsp3) is 0. The lowest BCUT2D eigenvalue weighted by Gasteiger charge is -2.10. The van der Waals surface area contributed by atoms with Crippen LogP contribution in [0.5, 0.6) is 0 Å². The normalized spacial score (nSPS) is 10.8. The van der Waals surface area contributed by atoms with Crippen LogP contribution in [0.2, 0.25) is 5.02 Å². The van der Waals surface area contributed by atoms with Gasteiger partial charge in [-0.05, 0) is 59.0 Å². The summed E-state index contributed by atoms with van der Waals surface area (Å²) in [4.78, 5) is 0.0438. The zero-order chi connectivity index (χ0) is 14.8. The summed E-state index contributed by atoms with van der Waals surface area (Å²) in [5, 5.41) is 9.34. The predicted molar refractivity (Wildman–Crippen MR) is 86.1 cm³/mol. The molecule has 102 valence electrons. The summed E-state index contributed by atoms with van der Waals surface area (Å²) in [6.07, 6.45) is 0. The lowest BCUT2D eigenvalue weighted by Crippen LogP contribution is -2.13. The SMILES string of the molecule is N#Cc1cccc(S(=O)(=O)Nc2ccc(Cl)cc2I)c1. The van der Waals surface area contributed by atoms with Crippen LogP contribution in [0.4, 0.5) is 5.69 Å². The van der Waals surface area contributed by atoms with Crippen LogP contribution in [0.1, 0.15) is 5.56 Å². The lowest BCUT2D eigenvalue weighted by atomic mass is 10.2. The molecule has 2 aromatic rings. The number of hydrogen-bond donors (Lipinski definition) is 1. The van der Waals surface area contributed by atoms with Crippen LogP contribution in [0, 0.1) is 14.9 Å². The molecular formula is C13H8ClIN2O2S. The number of anilines is 1. The van der Waals surface area contributed by atoms with E-state index in [0.717, 1.165) is 0 Å². The fourth-order valence-corrected chi connectivity index (χ4v) is 3.82. The van der Waals surface area contributed by atoms with Crippen molar-refractivity contribution >= 4 is 49.9 Å². The van der Waals surface area contributed by atoms with Crippen molar-refractivity contribution in [1.29, 1.82) is 5.26 Å². The third-order valence-electron chi connectivity index (χ3n) is 2.45. The van der Waals surface area contributed by atoms with Gasteiger partial charge in [-0.2, -0.15) is 5.26 Å². The van der Waals surface area contributed by atoms with E-state index in [9.17, 15) is 8.42 Å². The Bertz CT molecular complexity index is 800. The number of nitriles is 1. The van der Waals surface area contributed by atoms with Crippen LogP contribution < -0.4 is 4.72 Å². The second kappa shape index (κ2) is 5.99. The first-order chi connectivity index (χ1) is 9.42. The molecule has 0 amide bonds. The Morgan fingerprint density at radius 2 is 1.95 bits per heavy atom. The van der Waals surface area contributed by atoms with Gasteiger partial charge in [0.2, 0.25) is 0 Å². The molecule has 0 bridgehead atoms. The van der Waals surface area contributed by atoms with Gasteiger partial charge in [0.15, 0.2) is 0 Å². The second-order valence-corrected chi connectivity index (χ2v) is 7.15. The minimum absolute atomic E-state index is 0.0438. The van der Waals surface area contributed by atoms with E-state index < -0.39 is 10.0 Å². The van der Waals surface area contributed by atoms with Gasteiger partial charge in [0, 0.05) is 8.59 Å². The number of benzene rings is 2. The van der Waals surface area contributed by atoms with Crippen LogP contribution in [0.15, 0.2) is 47.4 Å². The van der Waals surface area contributed by atoms with Crippen molar-refractivity contribution in [2.45, 2.75) is 4.90 Å². The third kappa shape index (κ3) is 3.42. The van der Waals surface area contributed by atoms with Crippen molar-refractivity contribution in [3.05, 3.63) is 56.6 Å². The van der Waals surface area contributed by atoms with Gasteiger partial charge >= 0.3 is 0 Å². The summed E-state index contributed by atoms with van der Waals surface area (Å²) in [6, 6.07) is 12.6. The van der Waals surface area contributed by atoms with E-state index in [-0.39, 0.29) is 4.90 Å². The Morgan fingerprint density at radius 3 is 2.60 bits per heavy atom. The second-order valence-electron chi connectivity index (χ2n) is 3.87. The van der Waals surface area contributed by atoms with E-state index in [0.29, 0.717) is 19.8 Å². The van der Waals surface area contributed by atoms with Crippen LogP contribution in [0.3, 0.4) is 0 Å². The van der Waals surface area contributed by atoms with Crippen LogP contribution in [-0.4, -0.2) is 8.42 Å². The monoisotopic (exact) mass is 418 g/mol. The molecule has 0 saturated carbocycles. The lowest BCUT2D eigenvalue weighted by molar-refractivity contribution is 0.601. The maximum absolute atomic E-state index is 12.3. The molecule has 0 radical (unpaired) electrons. The topological polar surface area (TPSA) is 70.0 Å². The van der Waals surface area contributed by atoms with E-state index >= 15 is 0 Å². The molecule has 0 aliphatic carbocycles. The fourth-order valence-electron chi connectivity index (χ4n) is 1.51. The molecule has 2 rings (SSSR count). The summed E-state index contributed by atoms with van der Waals surface area (Å²) in [6.45, 7) is 0. The number of rotatable bonds is 3. The molecular weight excluding hydrogens is 411 g/mol. The first-order valence-electron chi connectivity index (χ1n) is 5.40. The van der Waals surface area contributed by atoms with E-state index in [4.69, 9.17) is 16.9 Å². The molecule has 0 fully saturated rings. The van der Waals surface area contributed by atoms with Gasteiger partial charge in [0.25, 0.3) is 10.0 Å². The van der Waals surface area contributed by atoms with E-state index in [2.05, 4.69) is 4.72 Å². The molecule has 7 heteroatoms. The van der Waals surface area contributed by atoms with E-state index in [1.165, 1.54) is 18.2 Å². The van der Waals surface area contributed by atoms with Gasteiger partial charge in [-0.1, -0.05) is 17.7 Å². The third-order valence-corrected chi connectivity index (χ3v) is 4.94. The van der Waals surface area contributed by atoms with Crippen LogP contribution in [-0.2, 0) is 10.0 Å². The molecule has 0 atom stereocenters. The summed E-state index contributed by atoms with van der Waals surface area (Å²) >= 11 is 7.82. The highest BCUT2D eigenvalue weighted by atomic mass is 127. The largest absolute Gasteiger partial charge is 0.279 e. The van der Waals surface area contributed by atoms with Crippen molar-refractivity contribution in [3.63, 3.8) is 0 Å². The number of halogens is 2. The molecule has 0 aromatic heterocycles. The minimum Gasteiger partial charge on any atom is -0.279 e. The Morgan fingerprint density at radius 1 is 1.20 bits per heavy atom. The van der Waals surface area contributed by atoms with Crippen LogP contribution >= 0.6 is 34.2 Å². The predicted octanol–water partition coefficient (Wildman–Crippen LogP) is 3.62. The number of hydrogen-bond acceptors (Lipinski definition) is 3. The van der Waals surface area contributed by atoms with Gasteiger partial charge in [-0.15, -0.1) is 0 Å². The van der Waals surface area contributed by atoms with Gasteiger partial charge in [-0.3, -0.25) is 4.72 Å². The van der Waals surface area contributed by atoms with E-state index in [1.54, 1.807) is 24.3 Å². The zero-order valence-electron chi connectivity index (χ0n) is 9.97. The molecule has 0 unspecified atom stereocenters. The molecule has 20 heavy (non-hydrogen) atoms. The molecule has 4 nitrogen and oxygen atoms in total. The summed E-state index contributed by atoms with van der Waals surface area (Å²) in [5.41, 5.74) is 0.732. The Balaban J connectivity index is 2.38. The van der Waals surface area contributed by atoms with Crippen molar-refractivity contribution in [2.24, 2.45) is 0 Å². The quantitative estimate of drug-likeness (QED) is 0.774. The maximum atomic E-state index is 12.3. The summed E-state index contributed by atoms with van der Waals surface area (Å²) in [7, 11) is -3.73. The van der Waals surface area contributed by atoms with Crippen molar-refractivity contribution < 1.29 is 8.42 Å². The highest BCUT2D eigenvalue weighted by molar-refractivity contribution is 14.1. The first kappa shape index (κ1) is 15.1. The average molecular weight is 419 g/mol. The summed E-state index contributed by atoms with van der Waals surface area (Å²) in [5.74, 6) is 0. The average Bonchev–Trinajstić information content (AvgIpc) is 2.42. The first-order valence-corrected chi connectivity index (χ1v) is 8.34. The van der Waals surface area contributed by atoms with Gasteiger partial charge in [-0.25, -0.2) is 8.42 Å².